The van der Waals surface area contributed by atoms with Crippen LogP contribution in [0.1, 0.15) is 6.42 Å². The summed E-state index contributed by atoms with van der Waals surface area (Å²) in [4.78, 5) is 2.43. The molecule has 7 heteroatoms. The summed E-state index contributed by atoms with van der Waals surface area (Å²) in [6, 6.07) is 5.02. The van der Waals surface area contributed by atoms with Gasteiger partial charge in [0.25, 0.3) is 0 Å². The lowest BCUT2D eigenvalue weighted by atomic mass is 10.1. The maximum absolute atomic E-state index is 12.7. The van der Waals surface area contributed by atoms with Crippen molar-refractivity contribution in [3.8, 4) is 5.75 Å². The summed E-state index contributed by atoms with van der Waals surface area (Å²) in [5.74, 6) is 0.751. The second-order valence-corrected chi connectivity index (χ2v) is 8.43. The van der Waals surface area contributed by atoms with Crippen LogP contribution in [0.2, 0.25) is 0 Å². The van der Waals surface area contributed by atoms with Crippen molar-refractivity contribution in [2.24, 2.45) is 5.92 Å². The minimum atomic E-state index is -3.55. The SMILES string of the molecule is COc1ccc(Br)cc1S(=O)(=O)N(C)CC1CCN(C)C1. The molecule has 0 amide bonds. The van der Waals surface area contributed by atoms with Gasteiger partial charge in [0.2, 0.25) is 10.0 Å². The second-order valence-electron chi connectivity index (χ2n) is 5.50. The Morgan fingerprint density at radius 1 is 1.48 bits per heavy atom. The van der Waals surface area contributed by atoms with E-state index in [0.717, 1.165) is 24.0 Å². The van der Waals surface area contributed by atoms with E-state index >= 15 is 0 Å². The second kappa shape index (κ2) is 6.64. The number of rotatable bonds is 5. The van der Waals surface area contributed by atoms with Crippen molar-refractivity contribution in [1.82, 2.24) is 9.21 Å². The maximum atomic E-state index is 12.7. The van der Waals surface area contributed by atoms with E-state index in [9.17, 15) is 8.42 Å². The third-order valence-corrected chi connectivity index (χ3v) is 6.16. The molecule has 1 heterocycles. The largest absolute Gasteiger partial charge is 0.495 e. The zero-order valence-electron chi connectivity index (χ0n) is 12.5. The third-order valence-electron chi connectivity index (χ3n) is 3.82. The standard InChI is InChI=1S/C14H21BrN2O3S/c1-16-7-6-11(9-16)10-17(2)21(18,19)14-8-12(15)4-5-13(14)20-3/h4-5,8,11H,6-7,9-10H2,1-3H3. The topological polar surface area (TPSA) is 49.9 Å². The monoisotopic (exact) mass is 376 g/mol. The highest BCUT2D eigenvalue weighted by Gasteiger charge is 2.29. The summed E-state index contributed by atoms with van der Waals surface area (Å²) in [6.07, 6.45) is 1.03. The Morgan fingerprint density at radius 3 is 2.76 bits per heavy atom. The van der Waals surface area contributed by atoms with Crippen molar-refractivity contribution in [3.05, 3.63) is 22.7 Å². The average Bonchev–Trinajstić information content (AvgIpc) is 2.84. The molecular weight excluding hydrogens is 356 g/mol. The highest BCUT2D eigenvalue weighted by atomic mass is 79.9. The summed E-state index contributed by atoms with van der Waals surface area (Å²) in [5, 5.41) is 0. The molecule has 0 spiro atoms. The van der Waals surface area contributed by atoms with Crippen molar-refractivity contribution in [2.45, 2.75) is 11.3 Å². The van der Waals surface area contributed by atoms with Gasteiger partial charge in [-0.2, -0.15) is 0 Å². The van der Waals surface area contributed by atoms with Crippen molar-refractivity contribution in [3.63, 3.8) is 0 Å². The Hall–Kier alpha value is -0.630. The van der Waals surface area contributed by atoms with Crippen molar-refractivity contribution < 1.29 is 13.2 Å². The fraction of sp³-hybridized carbons (Fsp3) is 0.571. The summed E-state index contributed by atoms with van der Waals surface area (Å²) in [6.45, 7) is 2.50. The molecule has 0 aliphatic carbocycles. The number of hydrogen-bond donors (Lipinski definition) is 0. The molecule has 1 unspecified atom stereocenters. The Balaban J connectivity index is 2.22. The molecule has 0 N–H and O–H groups in total. The molecule has 21 heavy (non-hydrogen) atoms. The fourth-order valence-corrected chi connectivity index (χ4v) is 4.59. The Kier molecular flexibility index (Phi) is 5.29. The number of benzene rings is 1. The first-order chi connectivity index (χ1) is 9.84. The molecule has 0 bridgehead atoms. The third kappa shape index (κ3) is 3.77. The van der Waals surface area contributed by atoms with E-state index in [0.29, 0.717) is 18.2 Å². The predicted molar refractivity (Wildman–Crippen MR) is 86.1 cm³/mol. The fourth-order valence-electron chi connectivity index (χ4n) is 2.66. The lowest BCUT2D eigenvalue weighted by molar-refractivity contribution is 0.354. The highest BCUT2D eigenvalue weighted by Crippen LogP contribution is 2.30. The van der Waals surface area contributed by atoms with Gasteiger partial charge in [0.1, 0.15) is 10.6 Å². The van der Waals surface area contributed by atoms with Crippen LogP contribution in [0.5, 0.6) is 5.75 Å². The van der Waals surface area contributed by atoms with Crippen LogP contribution in [0.4, 0.5) is 0 Å². The van der Waals surface area contributed by atoms with E-state index < -0.39 is 10.0 Å². The van der Waals surface area contributed by atoms with E-state index in [4.69, 9.17) is 4.74 Å². The molecule has 5 nitrogen and oxygen atoms in total. The molecule has 118 valence electrons. The minimum Gasteiger partial charge on any atom is -0.495 e. The number of methoxy groups -OCH3 is 1. The van der Waals surface area contributed by atoms with Gasteiger partial charge in [-0.1, -0.05) is 15.9 Å². The van der Waals surface area contributed by atoms with Gasteiger partial charge in [-0.25, -0.2) is 12.7 Å². The summed E-state index contributed by atoms with van der Waals surface area (Å²) >= 11 is 3.32. The smallest absolute Gasteiger partial charge is 0.246 e. The molecule has 2 rings (SSSR count). The Morgan fingerprint density at radius 2 is 2.19 bits per heavy atom. The van der Waals surface area contributed by atoms with Crippen LogP contribution in [-0.4, -0.2) is 58.5 Å². The molecular formula is C14H21BrN2O3S. The minimum absolute atomic E-state index is 0.202. The number of halogens is 1. The molecule has 1 fully saturated rings. The Labute approximate surface area is 135 Å². The molecule has 1 aliphatic heterocycles. The van der Waals surface area contributed by atoms with Gasteiger partial charge in [0.15, 0.2) is 0 Å². The lowest BCUT2D eigenvalue weighted by Crippen LogP contribution is -2.33. The van der Waals surface area contributed by atoms with E-state index in [1.807, 2.05) is 0 Å². The Bertz CT molecular complexity index is 606. The van der Waals surface area contributed by atoms with E-state index in [2.05, 4.69) is 27.9 Å². The van der Waals surface area contributed by atoms with Gasteiger partial charge in [-0.3, -0.25) is 0 Å². The molecule has 0 aromatic heterocycles. The molecule has 0 radical (unpaired) electrons. The van der Waals surface area contributed by atoms with Crippen LogP contribution in [-0.2, 0) is 10.0 Å². The molecule has 1 aromatic rings. The molecule has 1 aromatic carbocycles. The first kappa shape index (κ1) is 16.7. The van der Waals surface area contributed by atoms with Crippen molar-refractivity contribution in [2.75, 3.05) is 40.8 Å². The van der Waals surface area contributed by atoms with E-state index in [1.54, 1.807) is 25.2 Å². The van der Waals surface area contributed by atoms with Crippen molar-refractivity contribution >= 4 is 26.0 Å². The first-order valence-corrected chi connectivity index (χ1v) is 9.06. The van der Waals surface area contributed by atoms with Gasteiger partial charge < -0.3 is 9.64 Å². The number of nitrogens with zero attached hydrogens (tertiary/aromatic N) is 2. The number of hydrogen-bond acceptors (Lipinski definition) is 4. The van der Waals surface area contributed by atoms with Gasteiger partial charge >= 0.3 is 0 Å². The summed E-state index contributed by atoms with van der Waals surface area (Å²) in [5.41, 5.74) is 0. The average molecular weight is 377 g/mol. The molecule has 1 saturated heterocycles. The highest BCUT2D eigenvalue weighted by molar-refractivity contribution is 9.10. The van der Waals surface area contributed by atoms with E-state index in [-0.39, 0.29) is 4.90 Å². The molecule has 1 atom stereocenters. The van der Waals surface area contributed by atoms with E-state index in [1.165, 1.54) is 11.4 Å². The normalized spacial score (nSPS) is 20.1. The number of ether oxygens (including phenoxy) is 1. The quantitative estimate of drug-likeness (QED) is 0.788. The van der Waals surface area contributed by atoms with Crippen molar-refractivity contribution in [1.29, 1.82) is 0 Å². The number of sulfonamides is 1. The van der Waals surface area contributed by atoms with Crippen LogP contribution in [0.15, 0.2) is 27.6 Å². The zero-order chi connectivity index (χ0) is 15.6. The molecule has 1 aliphatic rings. The van der Waals surface area contributed by atoms with Gasteiger partial charge in [-0.15, -0.1) is 0 Å². The number of likely N-dealkylation sites (tertiary alicyclic amines) is 1. The first-order valence-electron chi connectivity index (χ1n) is 6.83. The zero-order valence-corrected chi connectivity index (χ0v) is 14.9. The van der Waals surface area contributed by atoms with Crippen LogP contribution < -0.4 is 4.74 Å². The summed E-state index contributed by atoms with van der Waals surface area (Å²) in [7, 11) is 1.63. The van der Waals surface area contributed by atoms with Gasteiger partial charge in [-0.05, 0) is 44.1 Å². The van der Waals surface area contributed by atoms with Crippen LogP contribution in [0.25, 0.3) is 0 Å². The maximum Gasteiger partial charge on any atom is 0.246 e. The summed E-state index contributed by atoms with van der Waals surface area (Å²) < 4.78 is 32.8. The van der Waals surface area contributed by atoms with Gasteiger partial charge in [0.05, 0.1) is 7.11 Å². The van der Waals surface area contributed by atoms with Gasteiger partial charge in [0, 0.05) is 24.6 Å². The van der Waals surface area contributed by atoms with Crippen LogP contribution in [0, 0.1) is 5.92 Å². The molecule has 0 saturated carbocycles. The van der Waals surface area contributed by atoms with Crippen LogP contribution in [0.3, 0.4) is 0 Å². The van der Waals surface area contributed by atoms with Crippen LogP contribution >= 0.6 is 15.9 Å². The lowest BCUT2D eigenvalue weighted by Gasteiger charge is -2.22. The predicted octanol–water partition coefficient (Wildman–Crippen LogP) is 2.03.